The molecule has 0 fully saturated rings. The van der Waals surface area contributed by atoms with Crippen molar-refractivity contribution in [2.24, 2.45) is 4.99 Å². The Kier molecular flexibility index (Phi) is 7.03. The first-order valence-electron chi connectivity index (χ1n) is 9.94. The van der Waals surface area contributed by atoms with Gasteiger partial charge in [0.15, 0.2) is 11.5 Å². The van der Waals surface area contributed by atoms with Gasteiger partial charge >= 0.3 is 0 Å². The Balaban J connectivity index is 1.99. The van der Waals surface area contributed by atoms with E-state index in [2.05, 4.69) is 52.7 Å². The fourth-order valence-electron chi connectivity index (χ4n) is 3.63. The number of aliphatic imine (C=N–C) groups is 1. The molecule has 162 valence electrons. The van der Waals surface area contributed by atoms with E-state index in [4.69, 9.17) is 14.2 Å². The van der Waals surface area contributed by atoms with E-state index in [0.717, 1.165) is 29.3 Å². The van der Waals surface area contributed by atoms with Gasteiger partial charge in [0, 0.05) is 32.4 Å². The molecule has 1 heterocycles. The molecule has 0 spiro atoms. The van der Waals surface area contributed by atoms with E-state index >= 15 is 0 Å². The molecule has 0 amide bonds. The van der Waals surface area contributed by atoms with Gasteiger partial charge in [-0.25, -0.2) is 4.99 Å². The van der Waals surface area contributed by atoms with Crippen molar-refractivity contribution in [2.45, 2.75) is 6.54 Å². The Bertz CT molecular complexity index is 1000. The molecule has 1 aliphatic rings. The summed E-state index contributed by atoms with van der Waals surface area (Å²) in [6.45, 7) is 4.82. The van der Waals surface area contributed by atoms with Crippen molar-refractivity contribution in [1.29, 1.82) is 0 Å². The van der Waals surface area contributed by atoms with Crippen molar-refractivity contribution in [2.75, 3.05) is 35.4 Å². The zero-order chi connectivity index (χ0) is 22.4. The molecule has 2 aromatic carbocycles. The number of hydrogen-bond donors (Lipinski definition) is 0. The molecule has 0 aliphatic carbocycles. The lowest BCUT2D eigenvalue weighted by atomic mass is 10.0. The Morgan fingerprint density at radius 1 is 1.06 bits per heavy atom. The molecule has 2 aromatic rings. The molecule has 0 N–H and O–H groups in total. The van der Waals surface area contributed by atoms with Crippen molar-refractivity contribution in [3.05, 3.63) is 84.0 Å². The van der Waals surface area contributed by atoms with Crippen LogP contribution in [0.1, 0.15) is 11.1 Å². The number of methoxy groups -OCH3 is 3. The second-order valence-electron chi connectivity index (χ2n) is 7.06. The molecule has 0 aromatic heterocycles. The molecular formula is C25H29N3O3. The van der Waals surface area contributed by atoms with E-state index in [-0.39, 0.29) is 0 Å². The monoisotopic (exact) mass is 419 g/mol. The summed E-state index contributed by atoms with van der Waals surface area (Å²) in [5, 5.41) is 0. The van der Waals surface area contributed by atoms with Crippen molar-refractivity contribution in [3.63, 3.8) is 0 Å². The molecule has 31 heavy (non-hydrogen) atoms. The molecule has 6 heteroatoms. The van der Waals surface area contributed by atoms with Gasteiger partial charge in [-0.15, -0.1) is 0 Å². The third-order valence-corrected chi connectivity index (χ3v) is 5.16. The maximum atomic E-state index is 5.52. The highest BCUT2D eigenvalue weighted by Gasteiger charge is 2.22. The summed E-state index contributed by atoms with van der Waals surface area (Å²) in [6.07, 6.45) is 5.61. The van der Waals surface area contributed by atoms with E-state index in [0.29, 0.717) is 17.2 Å². The molecule has 6 nitrogen and oxygen atoms in total. The molecule has 0 unspecified atom stereocenters. The SMILES string of the molecule is C=C/C(=C1/N=CC=C(N(C)Cc2ccccc2)N1C)c1cc(OC)c(OC)c(OC)c1. The third-order valence-electron chi connectivity index (χ3n) is 5.16. The van der Waals surface area contributed by atoms with Crippen LogP contribution in [0.2, 0.25) is 0 Å². The predicted octanol–water partition coefficient (Wildman–Crippen LogP) is 4.56. The summed E-state index contributed by atoms with van der Waals surface area (Å²) in [5.41, 5.74) is 2.97. The second-order valence-corrected chi connectivity index (χ2v) is 7.06. The molecule has 0 bridgehead atoms. The quantitative estimate of drug-likeness (QED) is 0.628. The van der Waals surface area contributed by atoms with E-state index in [9.17, 15) is 0 Å². The minimum Gasteiger partial charge on any atom is -0.493 e. The van der Waals surface area contributed by atoms with Crippen LogP contribution < -0.4 is 14.2 Å². The van der Waals surface area contributed by atoms with Crippen LogP contribution in [0.3, 0.4) is 0 Å². The van der Waals surface area contributed by atoms with Crippen molar-refractivity contribution >= 4 is 11.8 Å². The Labute approximate surface area is 184 Å². The van der Waals surface area contributed by atoms with Crippen LogP contribution in [0.4, 0.5) is 0 Å². The van der Waals surface area contributed by atoms with Gasteiger partial charge in [0.2, 0.25) is 5.75 Å². The fraction of sp³-hybridized carbons (Fsp3) is 0.240. The molecule has 0 radical (unpaired) electrons. The first kappa shape index (κ1) is 22.0. The maximum absolute atomic E-state index is 5.52. The molecule has 1 aliphatic heterocycles. The number of hydrogen-bond acceptors (Lipinski definition) is 6. The molecule has 0 atom stereocenters. The van der Waals surface area contributed by atoms with Crippen LogP contribution in [0, 0.1) is 0 Å². The highest BCUT2D eigenvalue weighted by molar-refractivity contribution is 5.83. The first-order valence-corrected chi connectivity index (χ1v) is 9.94. The maximum Gasteiger partial charge on any atom is 0.203 e. The zero-order valence-electron chi connectivity index (χ0n) is 18.8. The van der Waals surface area contributed by atoms with Crippen molar-refractivity contribution in [1.82, 2.24) is 9.80 Å². The minimum absolute atomic E-state index is 0.547. The van der Waals surface area contributed by atoms with Gasteiger partial charge in [-0.05, 0) is 29.3 Å². The van der Waals surface area contributed by atoms with Gasteiger partial charge in [0.05, 0.1) is 21.3 Å². The smallest absolute Gasteiger partial charge is 0.203 e. The largest absolute Gasteiger partial charge is 0.493 e. The molecule has 0 saturated heterocycles. The molecule has 3 rings (SSSR count). The van der Waals surface area contributed by atoms with Gasteiger partial charge in [-0.1, -0.05) is 43.0 Å². The number of ether oxygens (including phenoxy) is 3. The van der Waals surface area contributed by atoms with E-state index in [1.807, 2.05) is 37.5 Å². The summed E-state index contributed by atoms with van der Waals surface area (Å²) in [4.78, 5) is 8.89. The summed E-state index contributed by atoms with van der Waals surface area (Å²) < 4.78 is 16.5. The molecule has 0 saturated carbocycles. The summed E-state index contributed by atoms with van der Waals surface area (Å²) >= 11 is 0. The highest BCUT2D eigenvalue weighted by Crippen LogP contribution is 2.41. The average Bonchev–Trinajstić information content (AvgIpc) is 2.80. The van der Waals surface area contributed by atoms with Gasteiger partial charge in [0.1, 0.15) is 11.6 Å². The number of rotatable bonds is 8. The standard InChI is InChI=1S/C25H29N3O3/c1-7-20(19-15-21(29-4)24(31-6)22(16-19)30-5)25-26-14-13-23(28(25)3)27(2)17-18-11-9-8-10-12-18/h7-16H,1,17H2,2-6H3/b25-20+. The number of benzene rings is 2. The lowest BCUT2D eigenvalue weighted by Crippen LogP contribution is -2.31. The van der Waals surface area contributed by atoms with Crippen LogP contribution >= 0.6 is 0 Å². The molecular weight excluding hydrogens is 390 g/mol. The van der Waals surface area contributed by atoms with E-state index in [1.165, 1.54) is 5.56 Å². The highest BCUT2D eigenvalue weighted by atomic mass is 16.5. The van der Waals surface area contributed by atoms with E-state index < -0.39 is 0 Å². The van der Waals surface area contributed by atoms with Crippen LogP contribution in [0.25, 0.3) is 5.57 Å². The summed E-state index contributed by atoms with van der Waals surface area (Å²) in [5.74, 6) is 3.51. The number of nitrogens with zero attached hydrogens (tertiary/aromatic N) is 3. The van der Waals surface area contributed by atoms with Gasteiger partial charge in [-0.3, -0.25) is 0 Å². The van der Waals surface area contributed by atoms with E-state index in [1.54, 1.807) is 27.4 Å². The first-order chi connectivity index (χ1) is 15.0. The van der Waals surface area contributed by atoms with Crippen LogP contribution in [-0.4, -0.2) is 51.4 Å². The Morgan fingerprint density at radius 2 is 1.71 bits per heavy atom. The second kappa shape index (κ2) is 9.89. The number of allylic oxidation sites excluding steroid dienone is 3. The van der Waals surface area contributed by atoms with Gasteiger partial charge in [0.25, 0.3) is 0 Å². The van der Waals surface area contributed by atoms with Crippen molar-refractivity contribution < 1.29 is 14.2 Å². The Hall–Kier alpha value is -3.67. The Morgan fingerprint density at radius 3 is 2.26 bits per heavy atom. The van der Waals surface area contributed by atoms with Crippen LogP contribution in [-0.2, 0) is 6.54 Å². The fourth-order valence-corrected chi connectivity index (χ4v) is 3.63. The minimum atomic E-state index is 0.547. The van der Waals surface area contributed by atoms with Crippen LogP contribution in [0.15, 0.2) is 77.8 Å². The average molecular weight is 420 g/mol. The zero-order valence-corrected chi connectivity index (χ0v) is 18.8. The lowest BCUT2D eigenvalue weighted by molar-refractivity contribution is 0.296. The topological polar surface area (TPSA) is 46.5 Å². The normalized spacial score (nSPS) is 14.6. The summed E-state index contributed by atoms with van der Waals surface area (Å²) in [7, 11) is 8.86. The van der Waals surface area contributed by atoms with Gasteiger partial charge < -0.3 is 24.0 Å². The predicted molar refractivity (Wildman–Crippen MR) is 125 cm³/mol. The summed E-state index contributed by atoms with van der Waals surface area (Å²) in [6, 6.07) is 14.2. The third kappa shape index (κ3) is 4.58. The van der Waals surface area contributed by atoms with Crippen molar-refractivity contribution in [3.8, 4) is 17.2 Å². The lowest BCUT2D eigenvalue weighted by Gasteiger charge is -2.33. The van der Waals surface area contributed by atoms with Gasteiger partial charge in [-0.2, -0.15) is 0 Å². The van der Waals surface area contributed by atoms with Crippen LogP contribution in [0.5, 0.6) is 17.2 Å².